The van der Waals surface area contributed by atoms with E-state index in [9.17, 15) is 4.79 Å². The minimum atomic E-state index is -0.194. The maximum Gasteiger partial charge on any atom is 0.193 e. The Morgan fingerprint density at radius 2 is 1.45 bits per heavy atom. The van der Waals surface area contributed by atoms with Crippen LogP contribution in [0.1, 0.15) is 69.1 Å². The number of rotatable bonds is 6. The molecule has 0 aliphatic carbocycles. The van der Waals surface area contributed by atoms with Gasteiger partial charge in [0.15, 0.2) is 12.1 Å². The van der Waals surface area contributed by atoms with Crippen LogP contribution in [0.15, 0.2) is 0 Å². The SMILES string of the molecule is COCCOCc1c(C(C)(C)C)nc(C=O)nc1C(C)(C)C. The second kappa shape index (κ2) is 7.29. The highest BCUT2D eigenvalue weighted by atomic mass is 16.5. The Hall–Kier alpha value is -1.33. The molecule has 0 saturated heterocycles. The van der Waals surface area contributed by atoms with E-state index < -0.39 is 0 Å². The summed E-state index contributed by atoms with van der Waals surface area (Å²) in [5.74, 6) is 0.232. The largest absolute Gasteiger partial charge is 0.382 e. The minimum absolute atomic E-state index is 0.194. The van der Waals surface area contributed by atoms with Crippen LogP contribution >= 0.6 is 0 Å². The molecule has 0 saturated carbocycles. The molecule has 0 atom stereocenters. The number of aldehydes is 1. The Bertz CT molecular complexity index is 479. The van der Waals surface area contributed by atoms with Crippen molar-refractivity contribution in [2.45, 2.75) is 59.0 Å². The van der Waals surface area contributed by atoms with Crippen molar-refractivity contribution in [3.05, 3.63) is 22.8 Å². The van der Waals surface area contributed by atoms with E-state index in [-0.39, 0.29) is 16.7 Å². The molecule has 0 aliphatic heterocycles. The van der Waals surface area contributed by atoms with Gasteiger partial charge in [-0.2, -0.15) is 0 Å². The standard InChI is InChI=1S/C17H28N2O3/c1-16(2,3)14-12(11-22-9-8-21-7)15(17(4,5)6)19-13(10-20)18-14/h10H,8-9,11H2,1-7H3. The van der Waals surface area contributed by atoms with Crippen LogP contribution in [0.3, 0.4) is 0 Å². The molecule has 0 N–H and O–H groups in total. The molecule has 1 aromatic heterocycles. The molecule has 5 nitrogen and oxygen atoms in total. The third kappa shape index (κ3) is 4.85. The summed E-state index contributed by atoms with van der Waals surface area (Å²) in [6.07, 6.45) is 0.708. The lowest BCUT2D eigenvalue weighted by atomic mass is 9.82. The first kappa shape index (κ1) is 18.7. The van der Waals surface area contributed by atoms with Crippen LogP contribution in [0.5, 0.6) is 0 Å². The molecular weight excluding hydrogens is 280 g/mol. The van der Waals surface area contributed by atoms with E-state index in [0.29, 0.717) is 26.1 Å². The van der Waals surface area contributed by atoms with Crippen LogP contribution in [0.2, 0.25) is 0 Å². The monoisotopic (exact) mass is 308 g/mol. The molecule has 1 aromatic rings. The second-order valence-electron chi connectivity index (χ2n) is 7.42. The fourth-order valence-corrected chi connectivity index (χ4v) is 2.25. The zero-order valence-electron chi connectivity index (χ0n) is 14.8. The molecule has 0 radical (unpaired) electrons. The summed E-state index contributed by atoms with van der Waals surface area (Å²) in [6, 6.07) is 0. The van der Waals surface area contributed by atoms with Gasteiger partial charge in [0.05, 0.1) is 31.2 Å². The Morgan fingerprint density at radius 3 is 1.82 bits per heavy atom. The Labute approximate surface area is 133 Å². The van der Waals surface area contributed by atoms with Crippen LogP contribution in [-0.2, 0) is 26.9 Å². The van der Waals surface area contributed by atoms with E-state index in [4.69, 9.17) is 9.47 Å². The summed E-state index contributed by atoms with van der Waals surface area (Å²) in [4.78, 5) is 20.1. The summed E-state index contributed by atoms with van der Waals surface area (Å²) in [6.45, 7) is 13.9. The van der Waals surface area contributed by atoms with Gasteiger partial charge in [0.1, 0.15) is 0 Å². The number of hydrogen-bond donors (Lipinski definition) is 0. The lowest BCUT2D eigenvalue weighted by molar-refractivity contribution is 0.0600. The molecule has 124 valence electrons. The number of aromatic nitrogens is 2. The number of hydrogen-bond acceptors (Lipinski definition) is 5. The van der Waals surface area contributed by atoms with Crippen molar-refractivity contribution in [1.29, 1.82) is 0 Å². The lowest BCUT2D eigenvalue weighted by Crippen LogP contribution is -2.26. The molecule has 22 heavy (non-hydrogen) atoms. The van der Waals surface area contributed by atoms with Gasteiger partial charge in [-0.3, -0.25) is 4.79 Å². The van der Waals surface area contributed by atoms with Gasteiger partial charge in [0, 0.05) is 23.5 Å². The van der Waals surface area contributed by atoms with E-state index in [0.717, 1.165) is 17.0 Å². The Morgan fingerprint density at radius 1 is 0.955 bits per heavy atom. The summed E-state index contributed by atoms with van der Waals surface area (Å²) in [7, 11) is 1.65. The van der Waals surface area contributed by atoms with Crippen molar-refractivity contribution < 1.29 is 14.3 Å². The van der Waals surface area contributed by atoms with E-state index in [1.165, 1.54) is 0 Å². The Kier molecular flexibility index (Phi) is 6.20. The normalized spacial score (nSPS) is 12.5. The molecule has 0 spiro atoms. The molecule has 1 rings (SSSR count). The van der Waals surface area contributed by atoms with Crippen LogP contribution in [-0.4, -0.2) is 36.6 Å². The van der Waals surface area contributed by atoms with Gasteiger partial charge in [0.25, 0.3) is 0 Å². The number of ether oxygens (including phenoxy) is 2. The zero-order chi connectivity index (χ0) is 17.0. The van der Waals surface area contributed by atoms with Crippen LogP contribution in [0.4, 0.5) is 0 Å². The van der Waals surface area contributed by atoms with Gasteiger partial charge in [-0.25, -0.2) is 9.97 Å². The summed E-state index contributed by atoms with van der Waals surface area (Å²) in [5, 5.41) is 0. The number of nitrogens with zero attached hydrogens (tertiary/aromatic N) is 2. The first-order chi connectivity index (χ1) is 10.1. The van der Waals surface area contributed by atoms with Crippen molar-refractivity contribution in [2.24, 2.45) is 0 Å². The molecule has 0 bridgehead atoms. The third-order valence-electron chi connectivity index (χ3n) is 3.23. The van der Waals surface area contributed by atoms with Crippen LogP contribution in [0.25, 0.3) is 0 Å². The van der Waals surface area contributed by atoms with Gasteiger partial charge >= 0.3 is 0 Å². The fourth-order valence-electron chi connectivity index (χ4n) is 2.25. The van der Waals surface area contributed by atoms with E-state index in [1.807, 2.05) is 0 Å². The van der Waals surface area contributed by atoms with Gasteiger partial charge in [-0.1, -0.05) is 41.5 Å². The molecule has 0 unspecified atom stereocenters. The topological polar surface area (TPSA) is 61.3 Å². The number of methoxy groups -OCH3 is 1. The lowest BCUT2D eigenvalue weighted by Gasteiger charge is -2.28. The van der Waals surface area contributed by atoms with Gasteiger partial charge in [-0.05, 0) is 0 Å². The molecule has 5 heteroatoms. The quantitative estimate of drug-likeness (QED) is 0.597. The van der Waals surface area contributed by atoms with E-state index >= 15 is 0 Å². The molecule has 0 aromatic carbocycles. The van der Waals surface area contributed by atoms with Crippen LogP contribution < -0.4 is 0 Å². The highest BCUT2D eigenvalue weighted by Crippen LogP contribution is 2.32. The highest BCUT2D eigenvalue weighted by Gasteiger charge is 2.29. The van der Waals surface area contributed by atoms with Crippen molar-refractivity contribution in [2.75, 3.05) is 20.3 Å². The third-order valence-corrected chi connectivity index (χ3v) is 3.23. The Balaban J connectivity index is 3.36. The fraction of sp³-hybridized carbons (Fsp3) is 0.706. The average Bonchev–Trinajstić information content (AvgIpc) is 2.41. The van der Waals surface area contributed by atoms with Crippen molar-refractivity contribution in [3.8, 4) is 0 Å². The molecule has 1 heterocycles. The number of carbonyl (C=O) groups is 1. The smallest absolute Gasteiger partial charge is 0.193 e. The first-order valence-electron chi connectivity index (χ1n) is 7.55. The van der Waals surface area contributed by atoms with E-state index in [2.05, 4.69) is 51.5 Å². The minimum Gasteiger partial charge on any atom is -0.382 e. The molecule has 0 amide bonds. The van der Waals surface area contributed by atoms with Gasteiger partial charge in [-0.15, -0.1) is 0 Å². The van der Waals surface area contributed by atoms with E-state index in [1.54, 1.807) is 7.11 Å². The van der Waals surface area contributed by atoms with Crippen molar-refractivity contribution >= 4 is 6.29 Å². The summed E-state index contributed by atoms with van der Waals surface area (Å²) >= 11 is 0. The highest BCUT2D eigenvalue weighted by molar-refractivity contribution is 5.69. The first-order valence-corrected chi connectivity index (χ1v) is 7.55. The maximum atomic E-state index is 11.2. The average molecular weight is 308 g/mol. The molecule has 0 aliphatic rings. The predicted octanol–water partition coefficient (Wildman–Crippen LogP) is 3.05. The second-order valence-corrected chi connectivity index (χ2v) is 7.42. The van der Waals surface area contributed by atoms with Crippen molar-refractivity contribution in [1.82, 2.24) is 9.97 Å². The van der Waals surface area contributed by atoms with Crippen molar-refractivity contribution in [3.63, 3.8) is 0 Å². The predicted molar refractivity (Wildman–Crippen MR) is 86.4 cm³/mol. The summed E-state index contributed by atoms with van der Waals surface area (Å²) < 4.78 is 10.7. The molecular formula is C17H28N2O3. The van der Waals surface area contributed by atoms with Gasteiger partial charge in [0.2, 0.25) is 0 Å². The zero-order valence-corrected chi connectivity index (χ0v) is 14.8. The molecule has 0 fully saturated rings. The van der Waals surface area contributed by atoms with Gasteiger partial charge < -0.3 is 9.47 Å². The summed E-state index contributed by atoms with van der Waals surface area (Å²) in [5.41, 5.74) is 2.32. The van der Waals surface area contributed by atoms with Crippen LogP contribution in [0, 0.1) is 0 Å². The number of carbonyl (C=O) groups excluding carboxylic acids is 1. The maximum absolute atomic E-state index is 11.2.